The fourth-order valence-corrected chi connectivity index (χ4v) is 3.17. The second-order valence-corrected chi connectivity index (χ2v) is 5.39. The summed E-state index contributed by atoms with van der Waals surface area (Å²) in [4.78, 5) is 11.6. The molecule has 0 amide bonds. The smallest absolute Gasteiger partial charge is 0.311 e. The third kappa shape index (κ3) is 2.96. The van der Waals surface area contributed by atoms with Crippen LogP contribution in [-0.4, -0.2) is 11.1 Å². The predicted octanol–water partition coefficient (Wildman–Crippen LogP) is 4.14. The van der Waals surface area contributed by atoms with E-state index in [9.17, 15) is 14.3 Å². The lowest BCUT2D eigenvalue weighted by Crippen LogP contribution is -2.25. The molecule has 1 aliphatic carbocycles. The molecule has 1 aromatic rings. The molecule has 0 saturated heterocycles. The highest BCUT2D eigenvalue weighted by Crippen LogP contribution is 2.37. The zero-order chi connectivity index (χ0) is 13.8. The highest BCUT2D eigenvalue weighted by atomic mass is 19.1. The van der Waals surface area contributed by atoms with Crippen molar-refractivity contribution >= 4 is 5.97 Å². The molecule has 19 heavy (non-hydrogen) atoms. The molecule has 1 unspecified atom stereocenters. The highest BCUT2D eigenvalue weighted by molar-refractivity contribution is 5.76. The maximum Gasteiger partial charge on any atom is 0.311 e. The molecule has 1 N–H and O–H groups in total. The van der Waals surface area contributed by atoms with Crippen LogP contribution in [0.2, 0.25) is 0 Å². The molecule has 2 rings (SSSR count). The number of carbonyl (C=O) groups is 1. The number of halogens is 1. The van der Waals surface area contributed by atoms with Gasteiger partial charge in [0.1, 0.15) is 5.82 Å². The molecule has 0 aromatic heterocycles. The number of carboxylic acid groups (broad SMARTS) is 1. The number of aliphatic carboxylic acids is 1. The average Bonchev–Trinajstić information content (AvgIpc) is 2.42. The summed E-state index contributed by atoms with van der Waals surface area (Å²) in [7, 11) is 0. The van der Waals surface area contributed by atoms with Crippen LogP contribution in [0.4, 0.5) is 4.39 Å². The minimum absolute atomic E-state index is 0.0767. The molecule has 1 aliphatic rings. The van der Waals surface area contributed by atoms with Gasteiger partial charge in [-0.2, -0.15) is 0 Å². The van der Waals surface area contributed by atoms with E-state index in [1.54, 1.807) is 18.2 Å². The Balaban J connectivity index is 2.36. The van der Waals surface area contributed by atoms with E-state index in [1.807, 2.05) is 6.92 Å². The van der Waals surface area contributed by atoms with Crippen LogP contribution in [0.5, 0.6) is 0 Å². The van der Waals surface area contributed by atoms with Gasteiger partial charge in [0.2, 0.25) is 0 Å². The largest absolute Gasteiger partial charge is 0.481 e. The topological polar surface area (TPSA) is 37.3 Å². The third-order valence-corrected chi connectivity index (χ3v) is 4.21. The molecule has 1 aromatic carbocycles. The summed E-state index contributed by atoms with van der Waals surface area (Å²) in [5, 5.41) is 9.50. The molecule has 0 bridgehead atoms. The van der Waals surface area contributed by atoms with Crippen LogP contribution in [-0.2, 0) is 11.2 Å². The van der Waals surface area contributed by atoms with Gasteiger partial charge in [0, 0.05) is 5.56 Å². The van der Waals surface area contributed by atoms with Gasteiger partial charge in [0.15, 0.2) is 0 Å². The van der Waals surface area contributed by atoms with Crippen LogP contribution in [0.25, 0.3) is 0 Å². The van der Waals surface area contributed by atoms with E-state index in [2.05, 4.69) is 0 Å². The first kappa shape index (κ1) is 14.0. The van der Waals surface area contributed by atoms with E-state index in [1.165, 1.54) is 6.42 Å². The van der Waals surface area contributed by atoms with Gasteiger partial charge in [-0.1, -0.05) is 44.4 Å². The minimum atomic E-state index is -0.890. The lowest BCUT2D eigenvalue weighted by molar-refractivity contribution is -0.140. The number of hydrogen-bond donors (Lipinski definition) is 1. The first-order valence-electron chi connectivity index (χ1n) is 7.15. The molecular formula is C16H21FO2. The predicted molar refractivity (Wildman–Crippen MR) is 72.7 cm³/mol. The number of rotatable bonds is 4. The molecular weight excluding hydrogens is 243 g/mol. The fourth-order valence-electron chi connectivity index (χ4n) is 3.17. The average molecular weight is 264 g/mol. The quantitative estimate of drug-likeness (QED) is 0.887. The number of aryl methyl sites for hydroxylation is 1. The van der Waals surface area contributed by atoms with Crippen LogP contribution >= 0.6 is 0 Å². The van der Waals surface area contributed by atoms with Gasteiger partial charge in [-0.05, 0) is 30.7 Å². The SMILES string of the molecule is CCc1cccc(C(C(=O)O)C2CCCCC2)c1F. The Morgan fingerprint density at radius 2 is 2.05 bits per heavy atom. The maximum atomic E-state index is 14.4. The van der Waals surface area contributed by atoms with E-state index in [0.29, 0.717) is 17.5 Å². The Labute approximate surface area is 113 Å². The Bertz CT molecular complexity index is 450. The Kier molecular flexibility index (Phi) is 4.56. The lowest BCUT2D eigenvalue weighted by atomic mass is 9.76. The van der Waals surface area contributed by atoms with Crippen molar-refractivity contribution in [1.82, 2.24) is 0 Å². The van der Waals surface area contributed by atoms with Crippen molar-refractivity contribution < 1.29 is 14.3 Å². The second-order valence-electron chi connectivity index (χ2n) is 5.39. The van der Waals surface area contributed by atoms with E-state index in [-0.39, 0.29) is 11.7 Å². The Morgan fingerprint density at radius 3 is 2.63 bits per heavy atom. The molecule has 0 aliphatic heterocycles. The third-order valence-electron chi connectivity index (χ3n) is 4.21. The zero-order valence-electron chi connectivity index (χ0n) is 11.4. The first-order chi connectivity index (χ1) is 9.15. The minimum Gasteiger partial charge on any atom is -0.481 e. The molecule has 0 heterocycles. The molecule has 1 atom stereocenters. The van der Waals surface area contributed by atoms with Crippen LogP contribution in [0.1, 0.15) is 56.1 Å². The van der Waals surface area contributed by atoms with Crippen molar-refractivity contribution in [3.63, 3.8) is 0 Å². The van der Waals surface area contributed by atoms with Crippen molar-refractivity contribution in [3.8, 4) is 0 Å². The molecule has 0 radical (unpaired) electrons. The summed E-state index contributed by atoms with van der Waals surface area (Å²) >= 11 is 0. The van der Waals surface area contributed by atoms with E-state index in [4.69, 9.17) is 0 Å². The molecule has 104 valence electrons. The Morgan fingerprint density at radius 1 is 1.37 bits per heavy atom. The van der Waals surface area contributed by atoms with Gasteiger partial charge in [0.05, 0.1) is 5.92 Å². The summed E-state index contributed by atoms with van der Waals surface area (Å²) in [6.07, 6.45) is 5.67. The van der Waals surface area contributed by atoms with Gasteiger partial charge in [-0.15, -0.1) is 0 Å². The van der Waals surface area contributed by atoms with Crippen LogP contribution in [0.3, 0.4) is 0 Å². The molecule has 3 heteroatoms. The van der Waals surface area contributed by atoms with Gasteiger partial charge in [-0.25, -0.2) is 4.39 Å². The van der Waals surface area contributed by atoms with Crippen LogP contribution in [0.15, 0.2) is 18.2 Å². The normalized spacial score (nSPS) is 18.2. The zero-order valence-corrected chi connectivity index (χ0v) is 11.4. The monoisotopic (exact) mass is 264 g/mol. The molecule has 1 saturated carbocycles. The van der Waals surface area contributed by atoms with Gasteiger partial charge < -0.3 is 5.11 Å². The van der Waals surface area contributed by atoms with Crippen molar-refractivity contribution in [1.29, 1.82) is 0 Å². The standard InChI is InChI=1S/C16H21FO2/c1-2-11-9-6-10-13(15(11)17)14(16(18)19)12-7-4-3-5-8-12/h6,9-10,12,14H,2-5,7-8H2,1H3,(H,18,19). The van der Waals surface area contributed by atoms with Gasteiger partial charge >= 0.3 is 5.97 Å². The van der Waals surface area contributed by atoms with Crippen LogP contribution < -0.4 is 0 Å². The van der Waals surface area contributed by atoms with Gasteiger partial charge in [0.25, 0.3) is 0 Å². The van der Waals surface area contributed by atoms with E-state index >= 15 is 0 Å². The fraction of sp³-hybridized carbons (Fsp3) is 0.562. The summed E-state index contributed by atoms with van der Waals surface area (Å²) in [5.74, 6) is -1.82. The lowest BCUT2D eigenvalue weighted by Gasteiger charge is -2.28. The molecule has 2 nitrogen and oxygen atoms in total. The van der Waals surface area contributed by atoms with E-state index in [0.717, 1.165) is 25.7 Å². The number of hydrogen-bond acceptors (Lipinski definition) is 1. The summed E-state index contributed by atoms with van der Waals surface area (Å²) < 4.78 is 14.4. The van der Waals surface area contributed by atoms with Crippen molar-refractivity contribution in [2.24, 2.45) is 5.92 Å². The summed E-state index contributed by atoms with van der Waals surface area (Å²) in [6.45, 7) is 1.89. The van der Waals surface area contributed by atoms with Gasteiger partial charge in [-0.3, -0.25) is 4.79 Å². The summed E-state index contributed by atoms with van der Waals surface area (Å²) in [5.41, 5.74) is 0.985. The van der Waals surface area contributed by atoms with Crippen molar-refractivity contribution in [2.45, 2.75) is 51.4 Å². The van der Waals surface area contributed by atoms with Crippen LogP contribution in [0, 0.1) is 11.7 Å². The highest BCUT2D eigenvalue weighted by Gasteiger charge is 2.33. The maximum absolute atomic E-state index is 14.4. The first-order valence-corrected chi connectivity index (χ1v) is 7.15. The molecule has 1 fully saturated rings. The van der Waals surface area contributed by atoms with E-state index < -0.39 is 11.9 Å². The second kappa shape index (κ2) is 6.18. The summed E-state index contributed by atoms with van der Waals surface area (Å²) in [6, 6.07) is 5.15. The Hall–Kier alpha value is -1.38. The molecule has 0 spiro atoms. The number of carboxylic acids is 1. The number of benzene rings is 1. The van der Waals surface area contributed by atoms with Crippen molar-refractivity contribution in [2.75, 3.05) is 0 Å². The van der Waals surface area contributed by atoms with Crippen molar-refractivity contribution in [3.05, 3.63) is 35.1 Å².